The number of methoxy groups -OCH3 is 1. The lowest BCUT2D eigenvalue weighted by Crippen LogP contribution is -2.10. The Kier molecular flexibility index (Phi) is 5.87. The Morgan fingerprint density at radius 3 is 2.26 bits per heavy atom. The highest BCUT2D eigenvalue weighted by atomic mass is 79.9. The van der Waals surface area contributed by atoms with E-state index in [1.165, 1.54) is 0 Å². The Labute approximate surface area is 144 Å². The zero-order valence-corrected chi connectivity index (χ0v) is 14.6. The van der Waals surface area contributed by atoms with E-state index in [4.69, 9.17) is 16.2 Å². The molecule has 0 aliphatic carbocycles. The van der Waals surface area contributed by atoms with Crippen LogP contribution in [0, 0.1) is 0 Å². The molecule has 124 valence electrons. The molecule has 2 aromatic carbocycles. The van der Waals surface area contributed by atoms with Crippen LogP contribution in [-0.4, -0.2) is 30.5 Å². The topological polar surface area (TPSA) is 102 Å². The molecule has 23 heavy (non-hydrogen) atoms. The van der Waals surface area contributed by atoms with Crippen LogP contribution in [-0.2, 0) is 12.8 Å². The number of nitrogen functional groups attached to an aromatic ring is 2. The van der Waals surface area contributed by atoms with Gasteiger partial charge >= 0.3 is 0 Å². The number of aliphatic hydroxyl groups excluding tert-OH is 2. The van der Waals surface area contributed by atoms with Crippen molar-refractivity contribution < 1.29 is 14.9 Å². The van der Waals surface area contributed by atoms with Gasteiger partial charge in [0.25, 0.3) is 0 Å². The molecule has 0 heterocycles. The molecule has 0 atom stereocenters. The third-order valence-corrected chi connectivity index (χ3v) is 4.30. The molecule has 0 saturated carbocycles. The van der Waals surface area contributed by atoms with Crippen molar-refractivity contribution in [3.63, 3.8) is 0 Å². The number of benzene rings is 2. The summed E-state index contributed by atoms with van der Waals surface area (Å²) in [5, 5.41) is 18.6. The Morgan fingerprint density at radius 2 is 1.65 bits per heavy atom. The summed E-state index contributed by atoms with van der Waals surface area (Å²) >= 11 is 3.45. The fourth-order valence-electron chi connectivity index (χ4n) is 2.74. The first kappa shape index (κ1) is 17.6. The minimum atomic E-state index is -0.0405. The molecule has 0 aliphatic rings. The third kappa shape index (κ3) is 3.60. The molecule has 5 nitrogen and oxygen atoms in total. The summed E-state index contributed by atoms with van der Waals surface area (Å²) < 4.78 is 6.32. The highest BCUT2D eigenvalue weighted by Crippen LogP contribution is 2.40. The van der Waals surface area contributed by atoms with Gasteiger partial charge in [-0.2, -0.15) is 0 Å². The predicted molar refractivity (Wildman–Crippen MR) is 96.5 cm³/mol. The zero-order chi connectivity index (χ0) is 17.0. The van der Waals surface area contributed by atoms with E-state index >= 15 is 0 Å². The van der Waals surface area contributed by atoms with Crippen molar-refractivity contribution in [1.82, 2.24) is 0 Å². The van der Waals surface area contributed by atoms with Gasteiger partial charge in [0.2, 0.25) is 0 Å². The Morgan fingerprint density at radius 1 is 1.00 bits per heavy atom. The number of ether oxygens (including phenoxy) is 1. The number of rotatable bonds is 6. The SMILES string of the molecule is COc1ccc(Br)cc1-c1cc(N)c(CCO)c(CCO)c1N. The summed E-state index contributed by atoms with van der Waals surface area (Å²) in [5.41, 5.74) is 16.8. The van der Waals surface area contributed by atoms with Crippen LogP contribution in [0.5, 0.6) is 5.75 Å². The van der Waals surface area contributed by atoms with Gasteiger partial charge in [-0.1, -0.05) is 15.9 Å². The molecular weight excluding hydrogens is 360 g/mol. The van der Waals surface area contributed by atoms with Gasteiger partial charge in [-0.25, -0.2) is 0 Å². The maximum absolute atomic E-state index is 9.34. The Bertz CT molecular complexity index is 705. The molecule has 0 unspecified atom stereocenters. The molecule has 0 fully saturated rings. The van der Waals surface area contributed by atoms with E-state index in [0.717, 1.165) is 26.7 Å². The number of hydrogen-bond donors (Lipinski definition) is 4. The summed E-state index contributed by atoms with van der Waals surface area (Å²) in [4.78, 5) is 0. The van der Waals surface area contributed by atoms with Crippen molar-refractivity contribution in [3.05, 3.63) is 39.9 Å². The number of anilines is 2. The number of halogens is 1. The fourth-order valence-corrected chi connectivity index (χ4v) is 3.10. The number of hydrogen-bond acceptors (Lipinski definition) is 5. The molecule has 2 aromatic rings. The minimum Gasteiger partial charge on any atom is -0.496 e. The Balaban J connectivity index is 2.71. The van der Waals surface area contributed by atoms with Gasteiger partial charge < -0.3 is 26.4 Å². The summed E-state index contributed by atoms with van der Waals surface area (Å²) in [6, 6.07) is 7.45. The van der Waals surface area contributed by atoms with Crippen LogP contribution in [0.25, 0.3) is 11.1 Å². The average molecular weight is 381 g/mol. The molecule has 0 amide bonds. The van der Waals surface area contributed by atoms with Crippen molar-refractivity contribution in [1.29, 1.82) is 0 Å². The van der Waals surface area contributed by atoms with Crippen molar-refractivity contribution >= 4 is 27.3 Å². The summed E-state index contributed by atoms with van der Waals surface area (Å²) in [5.74, 6) is 0.684. The van der Waals surface area contributed by atoms with Crippen LogP contribution in [0.3, 0.4) is 0 Å². The number of nitrogens with two attached hydrogens (primary N) is 2. The van der Waals surface area contributed by atoms with Gasteiger partial charge in [0.1, 0.15) is 5.75 Å². The van der Waals surface area contributed by atoms with Crippen molar-refractivity contribution in [2.75, 3.05) is 31.8 Å². The monoisotopic (exact) mass is 380 g/mol. The zero-order valence-electron chi connectivity index (χ0n) is 13.0. The second-order valence-corrected chi connectivity index (χ2v) is 6.09. The smallest absolute Gasteiger partial charge is 0.126 e. The van der Waals surface area contributed by atoms with E-state index in [1.54, 1.807) is 13.2 Å². The van der Waals surface area contributed by atoms with Crippen LogP contribution in [0.15, 0.2) is 28.7 Å². The van der Waals surface area contributed by atoms with Crippen molar-refractivity contribution in [2.24, 2.45) is 0 Å². The normalized spacial score (nSPS) is 10.8. The van der Waals surface area contributed by atoms with Crippen LogP contribution >= 0.6 is 15.9 Å². The van der Waals surface area contributed by atoms with Crippen molar-refractivity contribution in [3.8, 4) is 16.9 Å². The molecular formula is C17H21BrN2O3. The van der Waals surface area contributed by atoms with E-state index in [2.05, 4.69) is 15.9 Å². The largest absolute Gasteiger partial charge is 0.496 e. The molecule has 0 saturated heterocycles. The fraction of sp³-hybridized carbons (Fsp3) is 0.294. The van der Waals surface area contributed by atoms with Gasteiger partial charge in [-0.15, -0.1) is 0 Å². The van der Waals surface area contributed by atoms with Crippen LogP contribution < -0.4 is 16.2 Å². The predicted octanol–water partition coefficient (Wildman–Crippen LogP) is 2.36. The van der Waals surface area contributed by atoms with E-state index in [9.17, 15) is 10.2 Å². The van der Waals surface area contributed by atoms with Gasteiger partial charge in [0.05, 0.1) is 7.11 Å². The first-order valence-corrected chi connectivity index (χ1v) is 8.08. The van der Waals surface area contributed by atoms with Gasteiger partial charge in [0, 0.05) is 40.2 Å². The van der Waals surface area contributed by atoms with E-state index in [0.29, 0.717) is 30.0 Å². The second-order valence-electron chi connectivity index (χ2n) is 5.18. The highest BCUT2D eigenvalue weighted by molar-refractivity contribution is 9.10. The molecule has 0 bridgehead atoms. The van der Waals surface area contributed by atoms with Gasteiger partial charge in [-0.05, 0) is 48.2 Å². The molecule has 0 aromatic heterocycles. The van der Waals surface area contributed by atoms with Crippen LogP contribution in [0.2, 0.25) is 0 Å². The summed E-state index contributed by atoms with van der Waals surface area (Å²) in [6.45, 7) is -0.0667. The lowest BCUT2D eigenvalue weighted by atomic mass is 9.91. The first-order chi connectivity index (χ1) is 11.0. The molecule has 0 radical (unpaired) electrons. The Hall–Kier alpha value is -1.76. The summed E-state index contributed by atoms with van der Waals surface area (Å²) in [6.07, 6.45) is 0.788. The average Bonchev–Trinajstić information content (AvgIpc) is 2.54. The second kappa shape index (κ2) is 7.68. The van der Waals surface area contributed by atoms with Crippen LogP contribution in [0.1, 0.15) is 11.1 Å². The molecule has 0 spiro atoms. The highest BCUT2D eigenvalue weighted by Gasteiger charge is 2.18. The minimum absolute atomic E-state index is 0.0262. The summed E-state index contributed by atoms with van der Waals surface area (Å²) in [7, 11) is 1.60. The molecule has 6 heteroatoms. The molecule has 2 rings (SSSR count). The lowest BCUT2D eigenvalue weighted by molar-refractivity contribution is 0.293. The van der Waals surface area contributed by atoms with Crippen LogP contribution in [0.4, 0.5) is 11.4 Å². The number of aliphatic hydroxyl groups is 2. The molecule has 6 N–H and O–H groups in total. The third-order valence-electron chi connectivity index (χ3n) is 3.80. The maximum atomic E-state index is 9.34. The molecule has 0 aliphatic heterocycles. The van der Waals surface area contributed by atoms with Gasteiger partial charge in [-0.3, -0.25) is 0 Å². The lowest BCUT2D eigenvalue weighted by Gasteiger charge is -2.19. The maximum Gasteiger partial charge on any atom is 0.126 e. The van der Waals surface area contributed by atoms with E-state index in [1.807, 2.05) is 18.2 Å². The van der Waals surface area contributed by atoms with E-state index in [-0.39, 0.29) is 13.2 Å². The van der Waals surface area contributed by atoms with E-state index < -0.39 is 0 Å². The standard InChI is InChI=1S/C17H21BrN2O3/c1-23-16-3-2-10(18)8-13(16)14-9-15(19)11(4-6-21)12(5-7-22)17(14)20/h2-3,8-9,21-22H,4-7,19-20H2,1H3. The first-order valence-electron chi connectivity index (χ1n) is 7.28. The van der Waals surface area contributed by atoms with Gasteiger partial charge in [0.15, 0.2) is 0 Å². The van der Waals surface area contributed by atoms with Crippen molar-refractivity contribution in [2.45, 2.75) is 12.8 Å². The quantitative estimate of drug-likeness (QED) is 0.576.